The second-order valence-corrected chi connectivity index (χ2v) is 7.19. The Bertz CT molecular complexity index is 537. The van der Waals surface area contributed by atoms with Gasteiger partial charge in [0.05, 0.1) is 0 Å². The number of hydrogen-bond acceptors (Lipinski definition) is 5. The zero-order valence-corrected chi connectivity index (χ0v) is 15.7. The smallest absolute Gasteiger partial charge is 0.224 e. The van der Waals surface area contributed by atoms with Crippen LogP contribution in [0.2, 0.25) is 0 Å². The van der Waals surface area contributed by atoms with Crippen molar-refractivity contribution in [2.45, 2.75) is 57.9 Å². The van der Waals surface area contributed by atoms with E-state index in [-0.39, 0.29) is 0 Å². The first-order valence-corrected chi connectivity index (χ1v) is 10.1. The fraction of sp³-hybridized carbons (Fsp3) is 0.700. The zero-order chi connectivity index (χ0) is 17.3. The number of hydrogen-bond donors (Lipinski definition) is 1. The summed E-state index contributed by atoms with van der Waals surface area (Å²) in [5, 5.41) is 3.49. The van der Waals surface area contributed by atoms with Crippen LogP contribution in [0.15, 0.2) is 24.4 Å². The monoisotopic (exact) mass is 343 g/mol. The first kappa shape index (κ1) is 18.2. The van der Waals surface area contributed by atoms with Crippen molar-refractivity contribution >= 4 is 11.8 Å². The molecule has 2 aliphatic heterocycles. The molecule has 3 heterocycles. The molecule has 2 fully saturated rings. The van der Waals surface area contributed by atoms with Crippen LogP contribution in [0.4, 0.5) is 11.8 Å². The van der Waals surface area contributed by atoms with Gasteiger partial charge in [0.2, 0.25) is 5.95 Å². The molecule has 1 atom stereocenters. The Labute approximate surface area is 152 Å². The Balaban J connectivity index is 1.54. The van der Waals surface area contributed by atoms with E-state index in [4.69, 9.17) is 4.98 Å². The number of likely N-dealkylation sites (tertiary alicyclic amines) is 1. The molecule has 5 nitrogen and oxygen atoms in total. The second-order valence-electron chi connectivity index (χ2n) is 7.19. The quantitative estimate of drug-likeness (QED) is 0.765. The normalized spacial score (nSPS) is 22.4. The molecule has 1 aromatic rings. The largest absolute Gasteiger partial charge is 0.356 e. The maximum Gasteiger partial charge on any atom is 0.224 e. The Kier molecular flexibility index (Phi) is 7.10. The van der Waals surface area contributed by atoms with E-state index in [1.807, 2.05) is 12.3 Å². The Hall–Kier alpha value is -1.62. The summed E-state index contributed by atoms with van der Waals surface area (Å²) in [5.41, 5.74) is 0. The Morgan fingerprint density at radius 1 is 1.12 bits per heavy atom. The van der Waals surface area contributed by atoms with Crippen LogP contribution in [0.5, 0.6) is 0 Å². The van der Waals surface area contributed by atoms with Crippen LogP contribution >= 0.6 is 0 Å². The van der Waals surface area contributed by atoms with Crippen LogP contribution in [0.3, 0.4) is 0 Å². The summed E-state index contributed by atoms with van der Waals surface area (Å²) < 4.78 is 0. The minimum absolute atomic E-state index is 0.590. The van der Waals surface area contributed by atoms with Crippen LogP contribution < -0.4 is 10.2 Å². The summed E-state index contributed by atoms with van der Waals surface area (Å²) in [4.78, 5) is 14.2. The van der Waals surface area contributed by atoms with Gasteiger partial charge in [0.1, 0.15) is 5.82 Å². The first-order valence-electron chi connectivity index (χ1n) is 10.1. The van der Waals surface area contributed by atoms with Crippen LogP contribution in [-0.2, 0) is 0 Å². The minimum atomic E-state index is 0.590. The van der Waals surface area contributed by atoms with Gasteiger partial charge in [-0.1, -0.05) is 31.9 Å². The predicted molar refractivity (Wildman–Crippen MR) is 105 cm³/mol. The van der Waals surface area contributed by atoms with Crippen molar-refractivity contribution in [2.75, 3.05) is 42.9 Å². The van der Waals surface area contributed by atoms with Crippen LogP contribution in [0.1, 0.15) is 51.9 Å². The molecule has 3 rings (SSSR count). The van der Waals surface area contributed by atoms with Crippen LogP contribution in [0, 0.1) is 0 Å². The standard InChI is InChI=1S/C20H33N5/c1-2-3-6-13-24-16-9-10-18(24)17-22-20-21-12-11-19(23-20)25-14-7-4-5-8-15-25/h3,6,11-12,18H,2,4-5,7-10,13-17H2,1H3,(H,21,22,23). The summed E-state index contributed by atoms with van der Waals surface area (Å²) in [5.74, 6) is 1.85. The molecule has 1 unspecified atom stereocenters. The molecule has 0 bridgehead atoms. The molecule has 1 N–H and O–H groups in total. The molecule has 2 saturated heterocycles. The van der Waals surface area contributed by atoms with E-state index in [2.05, 4.69) is 39.2 Å². The van der Waals surface area contributed by atoms with E-state index in [0.717, 1.165) is 44.4 Å². The number of anilines is 2. The SMILES string of the molecule is CCC=CCN1CCCC1CNc1nccc(N2CCCCCC2)n1. The summed E-state index contributed by atoms with van der Waals surface area (Å²) in [6, 6.07) is 2.64. The lowest BCUT2D eigenvalue weighted by molar-refractivity contribution is 0.290. The molecule has 0 radical (unpaired) electrons. The average Bonchev–Trinajstić information content (AvgIpc) is 2.91. The van der Waals surface area contributed by atoms with Gasteiger partial charge in [0, 0.05) is 38.4 Å². The lowest BCUT2D eigenvalue weighted by atomic mass is 10.2. The van der Waals surface area contributed by atoms with Gasteiger partial charge < -0.3 is 10.2 Å². The van der Waals surface area contributed by atoms with Gasteiger partial charge >= 0.3 is 0 Å². The number of rotatable bonds is 7. The molecule has 0 aromatic carbocycles. The van der Waals surface area contributed by atoms with Gasteiger partial charge in [-0.25, -0.2) is 4.98 Å². The van der Waals surface area contributed by atoms with Crippen molar-refractivity contribution < 1.29 is 0 Å². The van der Waals surface area contributed by atoms with Gasteiger partial charge in [-0.2, -0.15) is 4.98 Å². The third kappa shape index (κ3) is 5.43. The topological polar surface area (TPSA) is 44.3 Å². The van der Waals surface area contributed by atoms with Gasteiger partial charge in [0.15, 0.2) is 0 Å². The number of aromatic nitrogens is 2. The Morgan fingerprint density at radius 3 is 2.76 bits per heavy atom. The van der Waals surface area contributed by atoms with Gasteiger partial charge in [-0.3, -0.25) is 4.90 Å². The van der Waals surface area contributed by atoms with Crippen molar-refractivity contribution in [2.24, 2.45) is 0 Å². The van der Waals surface area contributed by atoms with Crippen molar-refractivity contribution in [3.05, 3.63) is 24.4 Å². The maximum atomic E-state index is 4.77. The number of allylic oxidation sites excluding steroid dienone is 1. The molecule has 1 aromatic heterocycles. The van der Waals surface area contributed by atoms with E-state index < -0.39 is 0 Å². The van der Waals surface area contributed by atoms with Crippen molar-refractivity contribution in [3.63, 3.8) is 0 Å². The van der Waals surface area contributed by atoms with Crippen LogP contribution in [0.25, 0.3) is 0 Å². The molecular weight excluding hydrogens is 310 g/mol. The Morgan fingerprint density at radius 2 is 1.96 bits per heavy atom. The van der Waals surface area contributed by atoms with E-state index in [1.165, 1.54) is 45.1 Å². The lowest BCUT2D eigenvalue weighted by Crippen LogP contribution is -2.35. The van der Waals surface area contributed by atoms with Crippen LogP contribution in [-0.4, -0.2) is 53.6 Å². The summed E-state index contributed by atoms with van der Waals surface area (Å²) in [7, 11) is 0. The number of nitrogens with zero attached hydrogens (tertiary/aromatic N) is 4. The fourth-order valence-corrected chi connectivity index (χ4v) is 3.86. The average molecular weight is 344 g/mol. The van der Waals surface area contributed by atoms with E-state index in [1.54, 1.807) is 0 Å². The maximum absolute atomic E-state index is 4.77. The third-order valence-electron chi connectivity index (χ3n) is 5.31. The van der Waals surface area contributed by atoms with E-state index in [0.29, 0.717) is 6.04 Å². The third-order valence-corrected chi connectivity index (χ3v) is 5.31. The zero-order valence-electron chi connectivity index (χ0n) is 15.7. The first-order chi connectivity index (χ1) is 12.4. The summed E-state index contributed by atoms with van der Waals surface area (Å²) in [6.07, 6.45) is 15.4. The predicted octanol–water partition coefficient (Wildman–Crippen LogP) is 3.70. The molecule has 138 valence electrons. The van der Waals surface area contributed by atoms with Crippen molar-refractivity contribution in [1.82, 2.24) is 14.9 Å². The van der Waals surface area contributed by atoms with E-state index in [9.17, 15) is 0 Å². The summed E-state index contributed by atoms with van der Waals surface area (Å²) >= 11 is 0. The van der Waals surface area contributed by atoms with Gasteiger partial charge in [-0.15, -0.1) is 0 Å². The van der Waals surface area contributed by atoms with Gasteiger partial charge in [-0.05, 0) is 44.7 Å². The highest BCUT2D eigenvalue weighted by molar-refractivity contribution is 5.42. The van der Waals surface area contributed by atoms with E-state index >= 15 is 0 Å². The summed E-state index contributed by atoms with van der Waals surface area (Å²) in [6.45, 7) is 7.63. The second kappa shape index (κ2) is 9.76. The molecule has 0 spiro atoms. The molecule has 0 aliphatic carbocycles. The highest BCUT2D eigenvalue weighted by atomic mass is 15.2. The lowest BCUT2D eigenvalue weighted by Gasteiger charge is -2.24. The molecule has 2 aliphatic rings. The van der Waals surface area contributed by atoms with Gasteiger partial charge in [0.25, 0.3) is 0 Å². The highest BCUT2D eigenvalue weighted by Crippen LogP contribution is 2.20. The molecule has 25 heavy (non-hydrogen) atoms. The minimum Gasteiger partial charge on any atom is -0.356 e. The molecular formula is C20H33N5. The highest BCUT2D eigenvalue weighted by Gasteiger charge is 2.23. The van der Waals surface area contributed by atoms with Crippen molar-refractivity contribution in [3.8, 4) is 0 Å². The molecule has 0 saturated carbocycles. The molecule has 0 amide bonds. The van der Waals surface area contributed by atoms with Crippen molar-refractivity contribution in [1.29, 1.82) is 0 Å². The fourth-order valence-electron chi connectivity index (χ4n) is 3.86. The molecule has 5 heteroatoms. The number of nitrogens with one attached hydrogen (secondary N) is 1.